The number of anilines is 2. The van der Waals surface area contributed by atoms with E-state index < -0.39 is 0 Å². The third-order valence-electron chi connectivity index (χ3n) is 4.66. The molecule has 0 fully saturated rings. The van der Waals surface area contributed by atoms with E-state index in [1.165, 1.54) is 0 Å². The van der Waals surface area contributed by atoms with Crippen LogP contribution in [0.5, 0.6) is 0 Å². The van der Waals surface area contributed by atoms with Crippen molar-refractivity contribution in [2.24, 2.45) is 0 Å². The van der Waals surface area contributed by atoms with Gasteiger partial charge in [0.05, 0.1) is 45.0 Å². The number of nitrogens with zero attached hydrogens (tertiary/aromatic N) is 3. The molecular formula is C21H28IN3O. The van der Waals surface area contributed by atoms with Crippen LogP contribution in [0.2, 0.25) is 0 Å². The van der Waals surface area contributed by atoms with Crippen LogP contribution in [-0.2, 0) is 0 Å². The lowest BCUT2D eigenvalue weighted by Crippen LogP contribution is -3.00. The van der Waals surface area contributed by atoms with Crippen molar-refractivity contribution in [1.82, 2.24) is 4.90 Å². The molecule has 1 unspecified atom stereocenters. The molecule has 0 bridgehead atoms. The van der Waals surface area contributed by atoms with Crippen LogP contribution in [0, 0.1) is 0 Å². The molecule has 4 nitrogen and oxygen atoms in total. The number of amides is 1. The molecule has 0 saturated heterocycles. The molecule has 0 saturated carbocycles. The normalized spacial score (nSPS) is 15.8. The van der Waals surface area contributed by atoms with E-state index in [9.17, 15) is 4.79 Å². The first-order chi connectivity index (χ1) is 11.9. The maximum absolute atomic E-state index is 13.2. The second-order valence-electron chi connectivity index (χ2n) is 7.82. The number of hydrogen-bond donors (Lipinski definition) is 0. The van der Waals surface area contributed by atoms with Crippen LogP contribution in [-0.4, -0.2) is 62.1 Å². The van der Waals surface area contributed by atoms with Crippen LogP contribution < -0.4 is 28.9 Å². The van der Waals surface area contributed by atoms with Crippen molar-refractivity contribution >= 4 is 17.3 Å². The smallest absolute Gasteiger partial charge is 0.256 e. The number of benzene rings is 2. The largest absolute Gasteiger partial charge is 1.00 e. The van der Waals surface area contributed by atoms with Crippen molar-refractivity contribution in [3.63, 3.8) is 0 Å². The van der Waals surface area contributed by atoms with Gasteiger partial charge >= 0.3 is 0 Å². The lowest BCUT2D eigenvalue weighted by atomic mass is 10.1. The van der Waals surface area contributed by atoms with Crippen LogP contribution in [0.25, 0.3) is 0 Å². The van der Waals surface area contributed by atoms with E-state index in [1.807, 2.05) is 47.4 Å². The van der Waals surface area contributed by atoms with Crippen LogP contribution in [0.1, 0.15) is 17.3 Å². The Morgan fingerprint density at radius 3 is 2.23 bits per heavy atom. The summed E-state index contributed by atoms with van der Waals surface area (Å²) < 4.78 is 0.842. The second kappa shape index (κ2) is 8.39. The number of carbonyl (C=O) groups is 1. The topological polar surface area (TPSA) is 23.6 Å². The first kappa shape index (κ1) is 20.7. The lowest BCUT2D eigenvalue weighted by Gasteiger charge is -2.34. The van der Waals surface area contributed by atoms with Gasteiger partial charge in [0.1, 0.15) is 0 Å². The van der Waals surface area contributed by atoms with Crippen molar-refractivity contribution < 1.29 is 33.3 Å². The number of para-hydroxylation sites is 2. The number of carbonyl (C=O) groups excluding carboxylic acids is 1. The van der Waals surface area contributed by atoms with Gasteiger partial charge in [0.25, 0.3) is 5.91 Å². The minimum atomic E-state index is 0. The zero-order valence-corrected chi connectivity index (χ0v) is 18.2. The molecule has 0 aliphatic carbocycles. The molecule has 2 aromatic rings. The van der Waals surface area contributed by atoms with Crippen LogP contribution >= 0.6 is 0 Å². The summed E-state index contributed by atoms with van der Waals surface area (Å²) in [5, 5.41) is 0. The summed E-state index contributed by atoms with van der Waals surface area (Å²) in [4.78, 5) is 17.5. The van der Waals surface area contributed by atoms with Gasteiger partial charge in [-0.25, -0.2) is 0 Å². The van der Waals surface area contributed by atoms with Gasteiger partial charge in [-0.1, -0.05) is 30.3 Å². The Morgan fingerprint density at radius 2 is 1.58 bits per heavy atom. The molecule has 0 spiro atoms. The Hall–Kier alpha value is -1.60. The highest BCUT2D eigenvalue weighted by Gasteiger charge is 2.31. The van der Waals surface area contributed by atoms with E-state index in [0.29, 0.717) is 0 Å². The van der Waals surface area contributed by atoms with E-state index >= 15 is 0 Å². The van der Waals surface area contributed by atoms with Gasteiger partial charge in [0, 0.05) is 18.8 Å². The SMILES string of the molecule is CC(C[N+](C)(C)C)N1CCN(c2ccccc2)c2ccccc2C1=O.[I-]. The van der Waals surface area contributed by atoms with Gasteiger partial charge in [-0.2, -0.15) is 0 Å². The van der Waals surface area contributed by atoms with Crippen molar-refractivity contribution in [2.75, 3.05) is 45.7 Å². The molecule has 1 aliphatic heterocycles. The summed E-state index contributed by atoms with van der Waals surface area (Å²) in [5.74, 6) is 0.134. The Kier molecular flexibility index (Phi) is 6.69. The van der Waals surface area contributed by atoms with E-state index in [4.69, 9.17) is 0 Å². The molecule has 0 radical (unpaired) electrons. The molecule has 5 heteroatoms. The van der Waals surface area contributed by atoms with Crippen molar-refractivity contribution in [2.45, 2.75) is 13.0 Å². The molecular weight excluding hydrogens is 437 g/mol. The summed E-state index contributed by atoms with van der Waals surface area (Å²) in [6.45, 7) is 4.61. The quantitative estimate of drug-likeness (QED) is 0.482. The maximum atomic E-state index is 13.2. The minimum Gasteiger partial charge on any atom is -1.00 e. The molecule has 0 N–H and O–H groups in total. The van der Waals surface area contributed by atoms with Crippen molar-refractivity contribution in [3.8, 4) is 0 Å². The van der Waals surface area contributed by atoms with E-state index in [0.717, 1.165) is 41.1 Å². The van der Waals surface area contributed by atoms with Gasteiger partial charge in [0.15, 0.2) is 0 Å². The molecule has 0 aromatic heterocycles. The Morgan fingerprint density at radius 1 is 0.962 bits per heavy atom. The standard InChI is InChI=1S/C21H28N3O.HI/c1-17(16-24(2,3)4)22-14-15-23(18-10-6-5-7-11-18)20-13-9-8-12-19(20)21(22)25;/h5-13,17H,14-16H2,1-4H3;1H/q+1;/p-1. The number of halogens is 1. The van der Waals surface area contributed by atoms with Gasteiger partial charge in [-0.3, -0.25) is 4.79 Å². The third-order valence-corrected chi connectivity index (χ3v) is 4.66. The zero-order chi connectivity index (χ0) is 18.0. The van der Waals surface area contributed by atoms with Crippen LogP contribution in [0.15, 0.2) is 54.6 Å². The first-order valence-corrected chi connectivity index (χ1v) is 8.90. The highest BCUT2D eigenvalue weighted by atomic mass is 127. The fraction of sp³-hybridized carbons (Fsp3) is 0.381. The predicted molar refractivity (Wildman–Crippen MR) is 103 cm³/mol. The maximum Gasteiger partial charge on any atom is 0.256 e. The number of rotatable bonds is 4. The van der Waals surface area contributed by atoms with Crippen LogP contribution in [0.4, 0.5) is 11.4 Å². The van der Waals surface area contributed by atoms with Gasteiger partial charge in [-0.05, 0) is 31.2 Å². The Labute approximate surface area is 174 Å². The van der Waals surface area contributed by atoms with Crippen molar-refractivity contribution in [1.29, 1.82) is 0 Å². The highest BCUT2D eigenvalue weighted by Crippen LogP contribution is 2.32. The molecule has 2 aromatic carbocycles. The number of hydrogen-bond acceptors (Lipinski definition) is 2. The highest BCUT2D eigenvalue weighted by molar-refractivity contribution is 6.01. The molecule has 140 valence electrons. The molecule has 3 rings (SSSR count). The number of likely N-dealkylation sites (N-methyl/N-ethyl adjacent to an activating group) is 1. The first-order valence-electron chi connectivity index (χ1n) is 8.90. The average molecular weight is 465 g/mol. The Balaban J connectivity index is 0.00000243. The molecule has 1 aliphatic rings. The van der Waals surface area contributed by atoms with E-state index in [2.05, 4.69) is 45.1 Å². The van der Waals surface area contributed by atoms with Gasteiger partial charge in [-0.15, -0.1) is 0 Å². The van der Waals surface area contributed by atoms with Gasteiger partial charge < -0.3 is 38.3 Å². The molecule has 1 heterocycles. The summed E-state index contributed by atoms with van der Waals surface area (Å²) in [6, 6.07) is 18.5. The number of quaternary nitrogens is 1. The van der Waals surface area contributed by atoms with Crippen LogP contribution in [0.3, 0.4) is 0 Å². The second-order valence-corrected chi connectivity index (χ2v) is 7.82. The average Bonchev–Trinajstić information content (AvgIpc) is 2.71. The summed E-state index contributed by atoms with van der Waals surface area (Å²) in [5.41, 5.74) is 2.92. The number of fused-ring (bicyclic) bond motifs is 1. The van der Waals surface area contributed by atoms with E-state index in [1.54, 1.807) is 0 Å². The van der Waals surface area contributed by atoms with E-state index in [-0.39, 0.29) is 35.9 Å². The molecule has 1 atom stereocenters. The molecule has 1 amide bonds. The van der Waals surface area contributed by atoms with Crippen molar-refractivity contribution in [3.05, 3.63) is 60.2 Å². The Bertz CT molecular complexity index is 742. The fourth-order valence-electron chi connectivity index (χ4n) is 3.66. The summed E-state index contributed by atoms with van der Waals surface area (Å²) >= 11 is 0. The zero-order valence-electron chi connectivity index (χ0n) is 16.0. The fourth-order valence-corrected chi connectivity index (χ4v) is 3.66. The monoisotopic (exact) mass is 465 g/mol. The lowest BCUT2D eigenvalue weighted by molar-refractivity contribution is -0.872. The molecule has 26 heavy (non-hydrogen) atoms. The third kappa shape index (κ3) is 4.57. The summed E-state index contributed by atoms with van der Waals surface area (Å²) in [6.07, 6.45) is 0. The minimum absolute atomic E-state index is 0. The van der Waals surface area contributed by atoms with Gasteiger partial charge in [0.2, 0.25) is 0 Å². The summed E-state index contributed by atoms with van der Waals surface area (Å²) in [7, 11) is 6.51. The predicted octanol–water partition coefficient (Wildman–Crippen LogP) is 0.379.